The number of pyridine rings is 1. The van der Waals surface area contributed by atoms with Gasteiger partial charge >= 0.3 is 0 Å². The standard InChI is InChI=1S/C15H12FN/c1-11-8-12(2)17-15(9-11)7-6-13-4-3-5-14(16)10-13/h3-5,8-10H,1-2H3. The second-order valence-electron chi connectivity index (χ2n) is 3.93. The molecule has 2 heteroatoms. The highest BCUT2D eigenvalue weighted by molar-refractivity contribution is 5.41. The van der Waals surface area contributed by atoms with Crippen LogP contribution in [0.3, 0.4) is 0 Å². The molecular weight excluding hydrogens is 213 g/mol. The molecule has 0 bridgehead atoms. The number of aromatic nitrogens is 1. The summed E-state index contributed by atoms with van der Waals surface area (Å²) in [5.74, 6) is 5.57. The topological polar surface area (TPSA) is 12.9 Å². The molecule has 0 N–H and O–H groups in total. The minimum atomic E-state index is -0.273. The summed E-state index contributed by atoms with van der Waals surface area (Å²) in [5, 5.41) is 0. The predicted molar refractivity (Wildman–Crippen MR) is 66.1 cm³/mol. The Balaban J connectivity index is 2.32. The van der Waals surface area contributed by atoms with Gasteiger partial charge in [-0.05, 0) is 55.7 Å². The monoisotopic (exact) mass is 225 g/mol. The molecule has 84 valence electrons. The number of rotatable bonds is 0. The summed E-state index contributed by atoms with van der Waals surface area (Å²) in [6.07, 6.45) is 0. The molecule has 1 nitrogen and oxygen atoms in total. The van der Waals surface area contributed by atoms with Gasteiger partial charge in [0.1, 0.15) is 11.5 Å². The van der Waals surface area contributed by atoms with Crippen LogP contribution in [0.15, 0.2) is 36.4 Å². The quantitative estimate of drug-likeness (QED) is 0.627. The molecular formula is C15H12FN. The largest absolute Gasteiger partial charge is 0.245 e. The van der Waals surface area contributed by atoms with Crippen LogP contribution < -0.4 is 0 Å². The highest BCUT2D eigenvalue weighted by Crippen LogP contribution is 2.04. The highest BCUT2D eigenvalue weighted by atomic mass is 19.1. The Kier molecular flexibility index (Phi) is 3.20. The van der Waals surface area contributed by atoms with Gasteiger partial charge in [-0.1, -0.05) is 12.0 Å². The van der Waals surface area contributed by atoms with E-state index in [1.165, 1.54) is 12.1 Å². The molecule has 0 aliphatic rings. The first kappa shape index (κ1) is 11.3. The number of benzene rings is 1. The van der Waals surface area contributed by atoms with E-state index in [1.807, 2.05) is 26.0 Å². The molecule has 0 fully saturated rings. The van der Waals surface area contributed by atoms with Crippen LogP contribution in [0.25, 0.3) is 0 Å². The molecule has 0 saturated carbocycles. The lowest BCUT2D eigenvalue weighted by molar-refractivity contribution is 0.627. The van der Waals surface area contributed by atoms with E-state index in [9.17, 15) is 4.39 Å². The third kappa shape index (κ3) is 3.15. The van der Waals surface area contributed by atoms with E-state index in [1.54, 1.807) is 12.1 Å². The van der Waals surface area contributed by atoms with E-state index in [4.69, 9.17) is 0 Å². The third-order valence-corrected chi connectivity index (χ3v) is 2.26. The highest BCUT2D eigenvalue weighted by Gasteiger charge is 1.94. The van der Waals surface area contributed by atoms with E-state index in [0.717, 1.165) is 11.3 Å². The fraction of sp³-hybridized carbons (Fsp3) is 0.133. The Bertz CT molecular complexity index is 586. The predicted octanol–water partition coefficient (Wildman–Crippen LogP) is 3.24. The fourth-order valence-electron chi connectivity index (χ4n) is 1.61. The fourth-order valence-corrected chi connectivity index (χ4v) is 1.61. The lowest BCUT2D eigenvalue weighted by Gasteiger charge is -1.96. The van der Waals surface area contributed by atoms with Gasteiger partial charge < -0.3 is 0 Å². The summed E-state index contributed by atoms with van der Waals surface area (Å²) < 4.78 is 12.9. The molecule has 1 aromatic heterocycles. The molecule has 0 saturated heterocycles. The van der Waals surface area contributed by atoms with Crippen molar-refractivity contribution in [1.82, 2.24) is 4.98 Å². The zero-order valence-electron chi connectivity index (χ0n) is 9.79. The summed E-state index contributed by atoms with van der Waals surface area (Å²) in [7, 11) is 0. The zero-order valence-corrected chi connectivity index (χ0v) is 9.79. The van der Waals surface area contributed by atoms with Gasteiger partial charge in [-0.2, -0.15) is 0 Å². The van der Waals surface area contributed by atoms with Crippen molar-refractivity contribution in [2.75, 3.05) is 0 Å². The van der Waals surface area contributed by atoms with Crippen molar-refractivity contribution in [3.63, 3.8) is 0 Å². The second-order valence-corrected chi connectivity index (χ2v) is 3.93. The van der Waals surface area contributed by atoms with Crippen molar-refractivity contribution in [3.05, 3.63) is 64.7 Å². The molecule has 1 heterocycles. The molecule has 0 atom stereocenters. The maximum Gasteiger partial charge on any atom is 0.124 e. The number of hydrogen-bond acceptors (Lipinski definition) is 1. The Morgan fingerprint density at radius 3 is 2.59 bits per heavy atom. The summed E-state index contributed by atoms with van der Waals surface area (Å²) in [4.78, 5) is 4.30. The van der Waals surface area contributed by atoms with Gasteiger partial charge in [0.25, 0.3) is 0 Å². The lowest BCUT2D eigenvalue weighted by atomic mass is 10.2. The summed E-state index contributed by atoms with van der Waals surface area (Å²) in [6, 6.07) is 10.1. The number of nitrogens with zero attached hydrogens (tertiary/aromatic N) is 1. The van der Waals surface area contributed by atoms with E-state index in [-0.39, 0.29) is 5.82 Å². The van der Waals surface area contributed by atoms with E-state index in [0.29, 0.717) is 11.3 Å². The van der Waals surface area contributed by atoms with Gasteiger partial charge in [-0.15, -0.1) is 0 Å². The number of aryl methyl sites for hydroxylation is 2. The van der Waals surface area contributed by atoms with Crippen molar-refractivity contribution in [3.8, 4) is 11.8 Å². The van der Waals surface area contributed by atoms with Crippen molar-refractivity contribution in [2.45, 2.75) is 13.8 Å². The van der Waals surface area contributed by atoms with Gasteiger partial charge in [0.05, 0.1) is 0 Å². The first-order chi connectivity index (χ1) is 8.13. The van der Waals surface area contributed by atoms with Crippen LogP contribution in [-0.2, 0) is 0 Å². The third-order valence-electron chi connectivity index (χ3n) is 2.26. The minimum absolute atomic E-state index is 0.273. The first-order valence-electron chi connectivity index (χ1n) is 5.36. The van der Waals surface area contributed by atoms with Crippen LogP contribution >= 0.6 is 0 Å². The Labute approximate surface area is 100 Å². The molecule has 0 unspecified atom stereocenters. The molecule has 1 aromatic carbocycles. The average Bonchev–Trinajstić information content (AvgIpc) is 2.25. The number of halogens is 1. The van der Waals surface area contributed by atoms with Gasteiger partial charge in [0.15, 0.2) is 0 Å². The molecule has 0 spiro atoms. The molecule has 0 radical (unpaired) electrons. The van der Waals surface area contributed by atoms with Crippen LogP contribution in [0, 0.1) is 31.5 Å². The van der Waals surface area contributed by atoms with E-state index in [2.05, 4.69) is 16.8 Å². The van der Waals surface area contributed by atoms with Crippen molar-refractivity contribution < 1.29 is 4.39 Å². The molecule has 17 heavy (non-hydrogen) atoms. The Hall–Kier alpha value is -2.14. The van der Waals surface area contributed by atoms with E-state index >= 15 is 0 Å². The Morgan fingerprint density at radius 2 is 1.88 bits per heavy atom. The lowest BCUT2D eigenvalue weighted by Crippen LogP contribution is -1.88. The van der Waals surface area contributed by atoms with Crippen LogP contribution in [0.1, 0.15) is 22.5 Å². The van der Waals surface area contributed by atoms with Gasteiger partial charge in [0, 0.05) is 11.3 Å². The molecule has 0 amide bonds. The van der Waals surface area contributed by atoms with Crippen LogP contribution in [-0.4, -0.2) is 4.98 Å². The summed E-state index contributed by atoms with van der Waals surface area (Å²) in [5.41, 5.74) is 3.44. The SMILES string of the molecule is Cc1cc(C)nc(C#Cc2cccc(F)c2)c1. The summed E-state index contributed by atoms with van der Waals surface area (Å²) >= 11 is 0. The molecule has 2 aromatic rings. The second kappa shape index (κ2) is 4.80. The van der Waals surface area contributed by atoms with E-state index < -0.39 is 0 Å². The normalized spacial score (nSPS) is 9.59. The number of hydrogen-bond donors (Lipinski definition) is 0. The van der Waals surface area contributed by atoms with Crippen LogP contribution in [0.4, 0.5) is 4.39 Å². The van der Waals surface area contributed by atoms with Crippen LogP contribution in [0.2, 0.25) is 0 Å². The smallest absolute Gasteiger partial charge is 0.124 e. The molecule has 2 rings (SSSR count). The zero-order chi connectivity index (χ0) is 12.3. The Morgan fingerprint density at radius 1 is 1.06 bits per heavy atom. The first-order valence-corrected chi connectivity index (χ1v) is 5.36. The molecule has 0 aliphatic heterocycles. The maximum atomic E-state index is 12.9. The maximum absolute atomic E-state index is 12.9. The van der Waals surface area contributed by atoms with Crippen LogP contribution in [0.5, 0.6) is 0 Å². The van der Waals surface area contributed by atoms with Crippen molar-refractivity contribution >= 4 is 0 Å². The minimum Gasteiger partial charge on any atom is -0.245 e. The average molecular weight is 225 g/mol. The van der Waals surface area contributed by atoms with Crippen molar-refractivity contribution in [2.24, 2.45) is 0 Å². The van der Waals surface area contributed by atoms with Gasteiger partial charge in [-0.3, -0.25) is 0 Å². The van der Waals surface area contributed by atoms with Crippen molar-refractivity contribution in [1.29, 1.82) is 0 Å². The van der Waals surface area contributed by atoms with Gasteiger partial charge in [0.2, 0.25) is 0 Å². The summed E-state index contributed by atoms with van der Waals surface area (Å²) in [6.45, 7) is 3.93. The molecule has 0 aliphatic carbocycles. The van der Waals surface area contributed by atoms with Gasteiger partial charge in [-0.25, -0.2) is 9.37 Å².